The van der Waals surface area contributed by atoms with E-state index in [4.69, 9.17) is 16.3 Å². The van der Waals surface area contributed by atoms with Gasteiger partial charge in [0.1, 0.15) is 10.8 Å². The van der Waals surface area contributed by atoms with Crippen molar-refractivity contribution < 1.29 is 9.66 Å². The molecular formula is C19H20ClN3O3. The van der Waals surface area contributed by atoms with Crippen LogP contribution in [-0.4, -0.2) is 31.3 Å². The number of halogens is 1. The highest BCUT2D eigenvalue weighted by Crippen LogP contribution is 2.30. The predicted molar refractivity (Wildman–Crippen MR) is 104 cm³/mol. The topological polar surface area (TPSA) is 68.0 Å². The number of nitrogens with zero attached hydrogens (tertiary/aromatic N) is 3. The van der Waals surface area contributed by atoms with Gasteiger partial charge in [0.15, 0.2) is 0 Å². The maximum absolute atomic E-state index is 11.0. The number of benzene rings is 2. The molecule has 1 aliphatic rings. The van der Waals surface area contributed by atoms with Crippen molar-refractivity contribution in [2.45, 2.75) is 19.3 Å². The fraction of sp³-hybridized carbons (Fsp3) is 0.316. The fourth-order valence-corrected chi connectivity index (χ4v) is 3.21. The van der Waals surface area contributed by atoms with E-state index in [-0.39, 0.29) is 10.7 Å². The van der Waals surface area contributed by atoms with Gasteiger partial charge in [0.05, 0.1) is 17.7 Å². The zero-order chi connectivity index (χ0) is 18.5. The Balaban J connectivity index is 1.84. The van der Waals surface area contributed by atoms with Crippen molar-refractivity contribution in [1.29, 1.82) is 0 Å². The number of rotatable bonds is 5. The van der Waals surface area contributed by atoms with E-state index in [0.717, 1.165) is 30.1 Å². The van der Waals surface area contributed by atoms with Crippen molar-refractivity contribution in [2.75, 3.05) is 25.1 Å². The number of hydrogen-bond donors (Lipinski definition) is 0. The summed E-state index contributed by atoms with van der Waals surface area (Å²) in [5, 5.41) is 11.1. The molecule has 1 aliphatic heterocycles. The number of nitro groups is 1. The maximum Gasteiger partial charge on any atom is 0.290 e. The second kappa shape index (κ2) is 8.19. The van der Waals surface area contributed by atoms with E-state index in [9.17, 15) is 10.1 Å². The maximum atomic E-state index is 11.0. The quantitative estimate of drug-likeness (QED) is 0.420. The van der Waals surface area contributed by atoms with Gasteiger partial charge in [-0.2, -0.15) is 0 Å². The van der Waals surface area contributed by atoms with E-state index in [1.807, 2.05) is 12.1 Å². The molecule has 2 aromatic carbocycles. The van der Waals surface area contributed by atoms with Crippen LogP contribution in [0.5, 0.6) is 5.75 Å². The van der Waals surface area contributed by atoms with Crippen LogP contribution in [-0.2, 0) is 0 Å². The number of ether oxygens (including phenoxy) is 1. The molecule has 1 fully saturated rings. The first-order valence-corrected chi connectivity index (χ1v) is 8.87. The lowest BCUT2D eigenvalue weighted by molar-refractivity contribution is -0.384. The van der Waals surface area contributed by atoms with E-state index in [0.29, 0.717) is 5.69 Å². The molecule has 1 heterocycles. The second-order valence-corrected chi connectivity index (χ2v) is 6.53. The van der Waals surface area contributed by atoms with Crippen LogP contribution in [0.25, 0.3) is 0 Å². The van der Waals surface area contributed by atoms with Crippen LogP contribution in [0, 0.1) is 10.1 Å². The smallest absolute Gasteiger partial charge is 0.290 e. The Morgan fingerprint density at radius 1 is 1.19 bits per heavy atom. The van der Waals surface area contributed by atoms with Gasteiger partial charge in [0, 0.05) is 42.7 Å². The molecule has 7 heteroatoms. The van der Waals surface area contributed by atoms with Gasteiger partial charge >= 0.3 is 0 Å². The third kappa shape index (κ3) is 4.14. The van der Waals surface area contributed by atoms with Crippen LogP contribution < -0.4 is 9.64 Å². The van der Waals surface area contributed by atoms with Gasteiger partial charge in [-0.15, -0.1) is 0 Å². The zero-order valence-electron chi connectivity index (χ0n) is 14.5. The highest BCUT2D eigenvalue weighted by Gasteiger charge is 2.14. The molecule has 1 saturated heterocycles. The fourth-order valence-electron chi connectivity index (χ4n) is 3.02. The molecule has 136 valence electrons. The van der Waals surface area contributed by atoms with Gasteiger partial charge in [-0.1, -0.05) is 11.6 Å². The highest BCUT2D eigenvalue weighted by molar-refractivity contribution is 6.32. The Morgan fingerprint density at radius 2 is 1.96 bits per heavy atom. The number of anilines is 1. The lowest BCUT2D eigenvalue weighted by atomic mass is 10.1. The van der Waals surface area contributed by atoms with Gasteiger partial charge in [-0.3, -0.25) is 15.1 Å². The summed E-state index contributed by atoms with van der Waals surface area (Å²) in [5.74, 6) is 0.722. The Bertz CT molecular complexity index is 833. The summed E-state index contributed by atoms with van der Waals surface area (Å²) < 4.78 is 5.50. The number of hydrogen-bond acceptors (Lipinski definition) is 5. The van der Waals surface area contributed by atoms with Gasteiger partial charge in [-0.25, -0.2) is 0 Å². The lowest BCUT2D eigenvalue weighted by Crippen LogP contribution is -2.29. The third-order valence-corrected chi connectivity index (χ3v) is 4.74. The Morgan fingerprint density at radius 3 is 2.65 bits per heavy atom. The van der Waals surface area contributed by atoms with E-state index in [2.05, 4.69) is 16.0 Å². The second-order valence-electron chi connectivity index (χ2n) is 6.12. The van der Waals surface area contributed by atoms with Crippen LogP contribution in [0.15, 0.2) is 41.4 Å². The van der Waals surface area contributed by atoms with E-state index in [1.165, 1.54) is 31.4 Å². The molecule has 2 aromatic rings. The van der Waals surface area contributed by atoms with Gasteiger partial charge in [0.2, 0.25) is 0 Å². The number of aliphatic imine (C=N–C) groups is 1. The molecule has 6 nitrogen and oxygen atoms in total. The molecule has 26 heavy (non-hydrogen) atoms. The summed E-state index contributed by atoms with van der Waals surface area (Å²) in [7, 11) is 1.62. The monoisotopic (exact) mass is 373 g/mol. The normalized spacial score (nSPS) is 14.6. The first kappa shape index (κ1) is 18.2. The Kier molecular flexibility index (Phi) is 5.73. The van der Waals surface area contributed by atoms with Gasteiger partial charge in [0.25, 0.3) is 5.69 Å². The minimum absolute atomic E-state index is 0.0948. The van der Waals surface area contributed by atoms with E-state index < -0.39 is 4.92 Å². The zero-order valence-corrected chi connectivity index (χ0v) is 15.3. The van der Waals surface area contributed by atoms with Gasteiger partial charge in [-0.05, 0) is 43.5 Å². The van der Waals surface area contributed by atoms with Crippen molar-refractivity contribution >= 4 is 34.9 Å². The van der Waals surface area contributed by atoms with Crippen molar-refractivity contribution in [1.82, 2.24) is 0 Å². The van der Waals surface area contributed by atoms with E-state index in [1.54, 1.807) is 19.4 Å². The molecule has 0 atom stereocenters. The summed E-state index contributed by atoms with van der Waals surface area (Å²) in [5.41, 5.74) is 2.25. The molecule has 0 aromatic heterocycles. The molecule has 0 N–H and O–H groups in total. The minimum atomic E-state index is -0.519. The summed E-state index contributed by atoms with van der Waals surface area (Å²) in [4.78, 5) is 17.1. The average molecular weight is 374 g/mol. The summed E-state index contributed by atoms with van der Waals surface area (Å²) in [6, 6.07) is 10.5. The number of nitro benzene ring substituents is 1. The largest absolute Gasteiger partial charge is 0.496 e. The van der Waals surface area contributed by atoms with Crippen LogP contribution in [0.4, 0.5) is 17.1 Å². The standard InChI is InChI=1S/C19H20ClN3O3/c1-26-19-12-16(22-9-3-2-4-10-22)7-5-14(19)13-21-15-6-8-17(20)18(11-15)23(24)25/h5-8,11-13H,2-4,9-10H2,1H3. The van der Waals surface area contributed by atoms with E-state index >= 15 is 0 Å². The first-order valence-electron chi connectivity index (χ1n) is 8.49. The van der Waals surface area contributed by atoms with Crippen molar-refractivity contribution in [2.24, 2.45) is 4.99 Å². The summed E-state index contributed by atoms with van der Waals surface area (Å²) >= 11 is 5.83. The molecule has 0 aliphatic carbocycles. The number of methoxy groups -OCH3 is 1. The Labute approximate surface area is 157 Å². The average Bonchev–Trinajstić information content (AvgIpc) is 2.67. The minimum Gasteiger partial charge on any atom is -0.496 e. The molecule has 0 spiro atoms. The van der Waals surface area contributed by atoms with Crippen molar-refractivity contribution in [3.8, 4) is 5.75 Å². The molecule has 0 saturated carbocycles. The molecule has 0 radical (unpaired) electrons. The van der Waals surface area contributed by atoms with Crippen LogP contribution >= 0.6 is 11.6 Å². The van der Waals surface area contributed by atoms with Crippen LogP contribution in [0.2, 0.25) is 5.02 Å². The molecule has 0 amide bonds. The number of piperidine rings is 1. The molecule has 3 rings (SSSR count). The van der Waals surface area contributed by atoms with Crippen molar-refractivity contribution in [3.63, 3.8) is 0 Å². The summed E-state index contributed by atoms with van der Waals surface area (Å²) in [6.45, 7) is 2.12. The molecular weight excluding hydrogens is 354 g/mol. The lowest BCUT2D eigenvalue weighted by Gasteiger charge is -2.29. The van der Waals surface area contributed by atoms with Gasteiger partial charge < -0.3 is 9.64 Å². The third-order valence-electron chi connectivity index (χ3n) is 4.42. The SMILES string of the molecule is COc1cc(N2CCCCC2)ccc1C=Nc1ccc(Cl)c([N+](=O)[O-])c1. The predicted octanol–water partition coefficient (Wildman–Crippen LogP) is 5.00. The van der Waals surface area contributed by atoms with Crippen molar-refractivity contribution in [3.05, 3.63) is 57.1 Å². The highest BCUT2D eigenvalue weighted by atomic mass is 35.5. The molecule has 0 bridgehead atoms. The van der Waals surface area contributed by atoms with Crippen LogP contribution in [0.1, 0.15) is 24.8 Å². The summed E-state index contributed by atoms with van der Waals surface area (Å²) in [6.07, 6.45) is 5.35. The van der Waals surface area contributed by atoms with Crippen LogP contribution in [0.3, 0.4) is 0 Å². The molecule has 0 unspecified atom stereocenters. The Hall–Kier alpha value is -2.60. The first-order chi connectivity index (χ1) is 12.6.